The lowest BCUT2D eigenvalue weighted by Crippen LogP contribution is -2.58. The van der Waals surface area contributed by atoms with Crippen LogP contribution in [0.15, 0.2) is 37.2 Å². The summed E-state index contributed by atoms with van der Waals surface area (Å²) in [6.45, 7) is 11.6. The maximum atomic E-state index is 6.18. The maximum absolute atomic E-state index is 6.18. The Morgan fingerprint density at radius 3 is 2.77 bits per heavy atom. The molecule has 0 aromatic carbocycles. The molecule has 22 heavy (non-hydrogen) atoms. The summed E-state index contributed by atoms with van der Waals surface area (Å²) in [5.41, 5.74) is 1.08. The van der Waals surface area contributed by atoms with Crippen molar-refractivity contribution in [2.75, 3.05) is 52.5 Å². The van der Waals surface area contributed by atoms with Gasteiger partial charge in [0.2, 0.25) is 0 Å². The van der Waals surface area contributed by atoms with Gasteiger partial charge in [-0.25, -0.2) is 0 Å². The van der Waals surface area contributed by atoms with Crippen molar-refractivity contribution < 1.29 is 9.47 Å². The number of ether oxygens (including phenoxy) is 2. The summed E-state index contributed by atoms with van der Waals surface area (Å²) < 4.78 is 12.0. The minimum atomic E-state index is -0.217. The molecule has 1 spiro atoms. The zero-order valence-electron chi connectivity index (χ0n) is 13.1. The number of aromatic nitrogens is 1. The van der Waals surface area contributed by atoms with Gasteiger partial charge >= 0.3 is 0 Å². The van der Waals surface area contributed by atoms with Gasteiger partial charge in [-0.15, -0.1) is 6.58 Å². The summed E-state index contributed by atoms with van der Waals surface area (Å²) in [5, 5.41) is 0. The smallest absolute Gasteiger partial charge is 0.117 e. The molecule has 3 heterocycles. The number of pyridine rings is 1. The van der Waals surface area contributed by atoms with Crippen molar-refractivity contribution in [3.05, 3.63) is 42.7 Å². The van der Waals surface area contributed by atoms with E-state index in [0.717, 1.165) is 52.5 Å². The molecule has 5 heteroatoms. The Labute approximate surface area is 132 Å². The fraction of sp³-hybridized carbons (Fsp3) is 0.588. The van der Waals surface area contributed by atoms with Crippen LogP contribution in [0.2, 0.25) is 0 Å². The third kappa shape index (κ3) is 3.93. The Morgan fingerprint density at radius 2 is 1.95 bits per heavy atom. The monoisotopic (exact) mass is 303 g/mol. The molecule has 2 saturated heterocycles. The van der Waals surface area contributed by atoms with E-state index in [9.17, 15) is 0 Å². The van der Waals surface area contributed by atoms with Gasteiger partial charge < -0.3 is 9.47 Å². The molecule has 3 rings (SSSR count). The van der Waals surface area contributed by atoms with Crippen LogP contribution in [0.1, 0.15) is 5.56 Å². The first-order valence-electron chi connectivity index (χ1n) is 7.96. The lowest BCUT2D eigenvalue weighted by atomic mass is 10.0. The molecule has 120 valence electrons. The van der Waals surface area contributed by atoms with Crippen LogP contribution >= 0.6 is 0 Å². The molecular formula is C17H25N3O2. The molecule has 1 aromatic rings. The highest BCUT2D eigenvalue weighted by atomic mass is 16.5. The van der Waals surface area contributed by atoms with Crippen LogP contribution in [0.4, 0.5) is 0 Å². The van der Waals surface area contributed by atoms with Crippen LogP contribution in [-0.4, -0.2) is 72.9 Å². The summed E-state index contributed by atoms with van der Waals surface area (Å²) in [4.78, 5) is 8.91. The van der Waals surface area contributed by atoms with Gasteiger partial charge in [-0.3, -0.25) is 14.8 Å². The van der Waals surface area contributed by atoms with Crippen LogP contribution in [0.3, 0.4) is 0 Å². The van der Waals surface area contributed by atoms with Crippen molar-refractivity contribution in [3.8, 4) is 0 Å². The van der Waals surface area contributed by atoms with E-state index in [-0.39, 0.29) is 5.60 Å². The van der Waals surface area contributed by atoms with Crippen LogP contribution in [-0.2, 0) is 16.0 Å². The van der Waals surface area contributed by atoms with Crippen LogP contribution in [0, 0.1) is 0 Å². The summed E-state index contributed by atoms with van der Waals surface area (Å²) in [7, 11) is 0. The number of nitrogens with zero attached hydrogens (tertiary/aromatic N) is 3. The summed E-state index contributed by atoms with van der Waals surface area (Å²) in [6.07, 6.45) is 5.66. The van der Waals surface area contributed by atoms with Crippen molar-refractivity contribution in [2.45, 2.75) is 12.1 Å². The molecule has 2 fully saturated rings. The molecule has 1 aromatic heterocycles. The highest BCUT2D eigenvalue weighted by molar-refractivity contribution is 5.10. The van der Waals surface area contributed by atoms with Gasteiger partial charge in [-0.1, -0.05) is 6.08 Å². The number of hydrogen-bond donors (Lipinski definition) is 0. The van der Waals surface area contributed by atoms with E-state index in [1.165, 1.54) is 5.56 Å². The van der Waals surface area contributed by atoms with Crippen molar-refractivity contribution >= 4 is 0 Å². The van der Waals surface area contributed by atoms with E-state index in [4.69, 9.17) is 9.47 Å². The topological polar surface area (TPSA) is 37.8 Å². The Kier molecular flexibility index (Phi) is 5.20. The fourth-order valence-electron chi connectivity index (χ4n) is 3.31. The average molecular weight is 303 g/mol. The second kappa shape index (κ2) is 7.33. The van der Waals surface area contributed by atoms with Gasteiger partial charge in [0.25, 0.3) is 0 Å². The first-order valence-corrected chi connectivity index (χ1v) is 7.96. The normalized spacial score (nSPS) is 27.6. The van der Waals surface area contributed by atoms with Crippen molar-refractivity contribution in [3.63, 3.8) is 0 Å². The van der Waals surface area contributed by atoms with E-state index in [1.807, 2.05) is 18.5 Å². The van der Waals surface area contributed by atoms with E-state index in [0.29, 0.717) is 6.61 Å². The zero-order valence-corrected chi connectivity index (χ0v) is 13.1. The van der Waals surface area contributed by atoms with Crippen molar-refractivity contribution in [1.29, 1.82) is 0 Å². The molecule has 0 amide bonds. The van der Waals surface area contributed by atoms with Gasteiger partial charge in [0.05, 0.1) is 19.8 Å². The second-order valence-electron chi connectivity index (χ2n) is 6.17. The molecule has 0 aliphatic carbocycles. The fourth-order valence-corrected chi connectivity index (χ4v) is 3.31. The summed E-state index contributed by atoms with van der Waals surface area (Å²) >= 11 is 0. The Bertz CT molecular complexity index is 482. The van der Waals surface area contributed by atoms with E-state index in [2.05, 4.69) is 33.5 Å². The van der Waals surface area contributed by atoms with Crippen molar-refractivity contribution in [2.24, 2.45) is 0 Å². The third-order valence-corrected chi connectivity index (χ3v) is 4.30. The minimum absolute atomic E-state index is 0.217. The van der Waals surface area contributed by atoms with Gasteiger partial charge in [-0.2, -0.15) is 0 Å². The molecule has 0 radical (unpaired) electrons. The zero-order chi connectivity index (χ0) is 15.3. The molecule has 0 N–H and O–H groups in total. The maximum Gasteiger partial charge on any atom is 0.117 e. The Hall–Kier alpha value is -1.27. The summed E-state index contributed by atoms with van der Waals surface area (Å²) in [5.74, 6) is 0. The highest BCUT2D eigenvalue weighted by Crippen LogP contribution is 2.23. The number of rotatable bonds is 4. The van der Waals surface area contributed by atoms with Gasteiger partial charge in [0, 0.05) is 51.7 Å². The lowest BCUT2D eigenvalue weighted by molar-refractivity contribution is -0.142. The van der Waals surface area contributed by atoms with Crippen LogP contribution in [0.25, 0.3) is 0 Å². The quantitative estimate of drug-likeness (QED) is 0.781. The summed E-state index contributed by atoms with van der Waals surface area (Å²) in [6, 6.07) is 4.16. The second-order valence-corrected chi connectivity index (χ2v) is 6.17. The van der Waals surface area contributed by atoms with E-state index in [1.54, 1.807) is 0 Å². The first kappa shape index (κ1) is 15.6. The van der Waals surface area contributed by atoms with Gasteiger partial charge in [-0.05, 0) is 17.7 Å². The molecule has 1 atom stereocenters. The molecule has 2 aliphatic heterocycles. The predicted molar refractivity (Wildman–Crippen MR) is 85.7 cm³/mol. The van der Waals surface area contributed by atoms with E-state index >= 15 is 0 Å². The third-order valence-electron chi connectivity index (χ3n) is 4.30. The van der Waals surface area contributed by atoms with E-state index < -0.39 is 0 Å². The largest absolute Gasteiger partial charge is 0.377 e. The molecule has 5 nitrogen and oxygen atoms in total. The van der Waals surface area contributed by atoms with Crippen LogP contribution < -0.4 is 0 Å². The predicted octanol–water partition coefficient (Wildman–Crippen LogP) is 1.17. The average Bonchev–Trinajstić information content (AvgIpc) is 2.71. The number of hydrogen-bond acceptors (Lipinski definition) is 5. The SMILES string of the molecule is C=CCN1CCOC[C@]2(C1)CN(Cc1ccncc1)CCO2. The lowest BCUT2D eigenvalue weighted by Gasteiger charge is -2.43. The molecule has 0 unspecified atom stereocenters. The van der Waals surface area contributed by atoms with Gasteiger partial charge in [0.15, 0.2) is 0 Å². The minimum Gasteiger partial charge on any atom is -0.377 e. The highest BCUT2D eigenvalue weighted by Gasteiger charge is 2.39. The van der Waals surface area contributed by atoms with Crippen molar-refractivity contribution in [1.82, 2.24) is 14.8 Å². The molecular weight excluding hydrogens is 278 g/mol. The molecule has 0 bridgehead atoms. The standard InChI is InChI=1S/C17H25N3O2/c1-2-7-19-8-10-21-15-17(13-19)14-20(9-11-22-17)12-16-3-5-18-6-4-16/h2-6H,1,7-15H2/t17-/m0/s1. The first-order chi connectivity index (χ1) is 10.8. The number of morpholine rings is 1. The molecule has 0 saturated carbocycles. The van der Waals surface area contributed by atoms with Gasteiger partial charge in [0.1, 0.15) is 5.60 Å². The van der Waals surface area contributed by atoms with Crippen LogP contribution in [0.5, 0.6) is 0 Å². The molecule has 2 aliphatic rings. The Balaban J connectivity index is 1.66. The Morgan fingerprint density at radius 1 is 1.18 bits per heavy atom.